The summed E-state index contributed by atoms with van der Waals surface area (Å²) in [4.78, 5) is 4.31. The minimum atomic E-state index is 0.301. The van der Waals surface area contributed by atoms with E-state index < -0.39 is 0 Å². The average molecular weight is 223 g/mol. The van der Waals surface area contributed by atoms with Crippen LogP contribution in [-0.2, 0) is 4.74 Å². The number of anilines is 1. The molecule has 0 aliphatic carbocycles. The number of nitrogens with zero attached hydrogens (tertiary/aromatic N) is 2. The highest BCUT2D eigenvalue weighted by atomic mass is 16.5. The predicted octanol–water partition coefficient (Wildman–Crippen LogP) is 1.92. The van der Waals surface area contributed by atoms with Crippen molar-refractivity contribution in [2.75, 3.05) is 5.32 Å². The monoisotopic (exact) mass is 223 g/mol. The Bertz CT molecular complexity index is 377. The molecule has 3 heterocycles. The van der Waals surface area contributed by atoms with Gasteiger partial charge in [0.15, 0.2) is 5.82 Å². The predicted molar refractivity (Wildman–Crippen MR) is 58.3 cm³/mol. The van der Waals surface area contributed by atoms with Crippen LogP contribution in [0, 0.1) is 0 Å². The maximum Gasteiger partial charge on any atom is 0.321 e. The Morgan fingerprint density at radius 3 is 2.81 bits per heavy atom. The molecule has 1 aromatic rings. The fraction of sp³-hybridized carbons (Fsp3) is 0.818. The molecule has 2 bridgehead atoms. The number of fused-ring (bicyclic) bond motifs is 2. The van der Waals surface area contributed by atoms with Crippen LogP contribution in [0.5, 0.6) is 0 Å². The molecule has 1 aromatic heterocycles. The van der Waals surface area contributed by atoms with Crippen LogP contribution in [0.3, 0.4) is 0 Å². The van der Waals surface area contributed by atoms with Gasteiger partial charge in [-0.2, -0.15) is 4.98 Å². The molecule has 0 spiro atoms. The van der Waals surface area contributed by atoms with E-state index in [-0.39, 0.29) is 0 Å². The van der Waals surface area contributed by atoms with Gasteiger partial charge in [-0.05, 0) is 19.3 Å². The normalized spacial score (nSPS) is 32.6. The zero-order valence-corrected chi connectivity index (χ0v) is 9.64. The second-order valence-corrected chi connectivity index (χ2v) is 4.97. The van der Waals surface area contributed by atoms with Crippen LogP contribution in [0.15, 0.2) is 4.52 Å². The first kappa shape index (κ1) is 10.1. The number of rotatable bonds is 3. The summed E-state index contributed by atoms with van der Waals surface area (Å²) in [7, 11) is 0. The molecular formula is C11H17N3O2. The largest absolute Gasteiger partial charge is 0.373 e. The third-order valence-corrected chi connectivity index (χ3v) is 3.37. The van der Waals surface area contributed by atoms with Crippen LogP contribution in [0.1, 0.15) is 44.9 Å². The topological polar surface area (TPSA) is 60.2 Å². The molecule has 3 rings (SSSR count). The van der Waals surface area contributed by atoms with Gasteiger partial charge < -0.3 is 14.6 Å². The Balaban J connectivity index is 1.65. The summed E-state index contributed by atoms with van der Waals surface area (Å²) in [5.74, 6) is 1.06. The van der Waals surface area contributed by atoms with Crippen LogP contribution in [-0.4, -0.2) is 28.4 Å². The smallest absolute Gasteiger partial charge is 0.321 e. The summed E-state index contributed by atoms with van der Waals surface area (Å²) < 4.78 is 10.9. The lowest BCUT2D eigenvalue weighted by atomic mass is 9.96. The van der Waals surface area contributed by atoms with E-state index in [0.717, 1.165) is 18.7 Å². The van der Waals surface area contributed by atoms with Gasteiger partial charge in [-0.25, -0.2) is 0 Å². The van der Waals surface area contributed by atoms with Gasteiger partial charge in [-0.1, -0.05) is 19.0 Å². The Morgan fingerprint density at radius 2 is 2.25 bits per heavy atom. The number of aromatic nitrogens is 2. The third-order valence-electron chi connectivity index (χ3n) is 3.37. The minimum absolute atomic E-state index is 0.301. The molecular weight excluding hydrogens is 206 g/mol. The molecule has 0 saturated carbocycles. The average Bonchev–Trinajstić information content (AvgIpc) is 2.91. The lowest BCUT2D eigenvalue weighted by Crippen LogP contribution is -2.30. The molecule has 0 amide bonds. The summed E-state index contributed by atoms with van der Waals surface area (Å²) in [6, 6.07) is 0.879. The Morgan fingerprint density at radius 1 is 1.38 bits per heavy atom. The fourth-order valence-corrected chi connectivity index (χ4v) is 2.48. The molecule has 0 aromatic carbocycles. The maximum absolute atomic E-state index is 5.76. The molecule has 16 heavy (non-hydrogen) atoms. The summed E-state index contributed by atoms with van der Waals surface area (Å²) in [5, 5.41) is 7.21. The first-order valence-electron chi connectivity index (χ1n) is 5.98. The quantitative estimate of drug-likeness (QED) is 0.848. The van der Waals surface area contributed by atoms with Gasteiger partial charge in [0.1, 0.15) is 0 Å². The van der Waals surface area contributed by atoms with Crippen molar-refractivity contribution in [3.63, 3.8) is 0 Å². The molecule has 88 valence electrons. The molecule has 2 aliphatic rings. The van der Waals surface area contributed by atoms with Crippen molar-refractivity contribution in [1.82, 2.24) is 10.1 Å². The molecule has 2 fully saturated rings. The minimum Gasteiger partial charge on any atom is -0.373 e. The van der Waals surface area contributed by atoms with Gasteiger partial charge in [0, 0.05) is 5.92 Å². The van der Waals surface area contributed by atoms with Gasteiger partial charge in [0.2, 0.25) is 0 Å². The number of hydrogen-bond donors (Lipinski definition) is 1. The van der Waals surface area contributed by atoms with Crippen molar-refractivity contribution in [3.8, 4) is 0 Å². The SMILES string of the molecule is CC(C)c1noc(N[C@@H]2C[C@@H]3CC[C@@H]2O3)n1. The van der Waals surface area contributed by atoms with E-state index in [1.807, 2.05) is 0 Å². The number of ether oxygens (including phenoxy) is 1. The number of hydrogen-bond acceptors (Lipinski definition) is 5. The highest BCUT2D eigenvalue weighted by molar-refractivity contribution is 5.23. The summed E-state index contributed by atoms with van der Waals surface area (Å²) in [6.45, 7) is 4.10. The first-order chi connectivity index (χ1) is 7.72. The van der Waals surface area contributed by atoms with E-state index in [1.54, 1.807) is 0 Å². The van der Waals surface area contributed by atoms with E-state index in [0.29, 0.717) is 30.2 Å². The zero-order valence-electron chi connectivity index (χ0n) is 9.64. The van der Waals surface area contributed by atoms with Gasteiger partial charge in [-0.15, -0.1) is 0 Å². The highest BCUT2D eigenvalue weighted by Gasteiger charge is 2.41. The van der Waals surface area contributed by atoms with E-state index in [4.69, 9.17) is 9.26 Å². The van der Waals surface area contributed by atoms with E-state index in [2.05, 4.69) is 29.3 Å². The van der Waals surface area contributed by atoms with Gasteiger partial charge in [-0.3, -0.25) is 0 Å². The van der Waals surface area contributed by atoms with Crippen LogP contribution < -0.4 is 5.32 Å². The Labute approximate surface area is 94.6 Å². The third kappa shape index (κ3) is 1.69. The first-order valence-corrected chi connectivity index (χ1v) is 5.98. The lowest BCUT2D eigenvalue weighted by Gasteiger charge is -2.18. The Hall–Kier alpha value is -1.10. The van der Waals surface area contributed by atoms with Crippen molar-refractivity contribution in [3.05, 3.63) is 5.82 Å². The standard InChI is InChI=1S/C11H17N3O2/c1-6(2)10-13-11(16-14-10)12-8-5-7-3-4-9(8)15-7/h6-9H,3-5H2,1-2H3,(H,12,13,14)/t7-,8+,9-/m0/s1. The van der Waals surface area contributed by atoms with Crippen molar-refractivity contribution >= 4 is 6.01 Å². The Kier molecular flexibility index (Phi) is 2.35. The highest BCUT2D eigenvalue weighted by Crippen LogP contribution is 2.35. The fourth-order valence-electron chi connectivity index (χ4n) is 2.48. The van der Waals surface area contributed by atoms with Gasteiger partial charge in [0.05, 0.1) is 18.2 Å². The van der Waals surface area contributed by atoms with Crippen molar-refractivity contribution in [2.45, 2.75) is 57.3 Å². The lowest BCUT2D eigenvalue weighted by molar-refractivity contribution is 0.102. The van der Waals surface area contributed by atoms with E-state index >= 15 is 0 Å². The van der Waals surface area contributed by atoms with Crippen LogP contribution in [0.25, 0.3) is 0 Å². The summed E-state index contributed by atoms with van der Waals surface area (Å²) in [6.07, 6.45) is 4.18. The molecule has 3 atom stereocenters. The van der Waals surface area contributed by atoms with E-state index in [1.165, 1.54) is 6.42 Å². The van der Waals surface area contributed by atoms with Gasteiger partial charge in [0.25, 0.3) is 0 Å². The van der Waals surface area contributed by atoms with Crippen LogP contribution in [0.4, 0.5) is 6.01 Å². The second kappa shape index (κ2) is 3.73. The molecule has 5 heteroatoms. The molecule has 5 nitrogen and oxygen atoms in total. The molecule has 0 radical (unpaired) electrons. The zero-order chi connectivity index (χ0) is 11.1. The van der Waals surface area contributed by atoms with Crippen LogP contribution in [0.2, 0.25) is 0 Å². The number of nitrogens with one attached hydrogen (secondary N) is 1. The molecule has 1 N–H and O–H groups in total. The maximum atomic E-state index is 5.76. The second-order valence-electron chi connectivity index (χ2n) is 4.97. The van der Waals surface area contributed by atoms with Crippen LogP contribution >= 0.6 is 0 Å². The van der Waals surface area contributed by atoms with Crippen molar-refractivity contribution in [2.24, 2.45) is 0 Å². The molecule has 0 unspecified atom stereocenters. The van der Waals surface area contributed by atoms with Gasteiger partial charge >= 0.3 is 6.01 Å². The van der Waals surface area contributed by atoms with E-state index in [9.17, 15) is 0 Å². The van der Waals surface area contributed by atoms with Crippen molar-refractivity contribution in [1.29, 1.82) is 0 Å². The molecule has 2 saturated heterocycles. The van der Waals surface area contributed by atoms with Crippen molar-refractivity contribution < 1.29 is 9.26 Å². The summed E-state index contributed by atoms with van der Waals surface area (Å²) >= 11 is 0. The summed E-state index contributed by atoms with van der Waals surface area (Å²) in [5.41, 5.74) is 0. The molecule has 2 aliphatic heterocycles.